The zero-order valence-electron chi connectivity index (χ0n) is 12.9. The summed E-state index contributed by atoms with van der Waals surface area (Å²) in [7, 11) is 0. The molecule has 1 aromatic carbocycles. The van der Waals surface area contributed by atoms with Gasteiger partial charge in [-0.1, -0.05) is 23.2 Å². The van der Waals surface area contributed by atoms with Crippen LogP contribution in [0.15, 0.2) is 18.2 Å². The average Bonchev–Trinajstić information content (AvgIpc) is 2.93. The zero-order chi connectivity index (χ0) is 16.9. The Morgan fingerprint density at radius 1 is 1.13 bits per heavy atom. The minimum Gasteiger partial charge on any atom is -0.274 e. The maximum Gasteiger partial charge on any atom is 0.259 e. The molecule has 2 aromatic rings. The van der Waals surface area contributed by atoms with Gasteiger partial charge in [0.1, 0.15) is 6.04 Å². The van der Waals surface area contributed by atoms with E-state index in [1.807, 2.05) is 20.8 Å². The van der Waals surface area contributed by atoms with Crippen LogP contribution in [0.3, 0.4) is 0 Å². The smallest absolute Gasteiger partial charge is 0.259 e. The quantitative estimate of drug-likeness (QED) is 0.776. The molecule has 1 fully saturated rings. The number of aryl methyl sites for hydroxylation is 1. The van der Waals surface area contributed by atoms with Crippen molar-refractivity contribution >= 4 is 40.7 Å². The molecule has 23 heavy (non-hydrogen) atoms. The number of carbonyl (C=O) groups is 2. The molecule has 3 rings (SSSR count). The van der Waals surface area contributed by atoms with Crippen LogP contribution in [0, 0.1) is 20.8 Å². The molecule has 120 valence electrons. The third kappa shape index (κ3) is 2.54. The Bertz CT molecular complexity index is 829. The van der Waals surface area contributed by atoms with Crippen LogP contribution in [0.5, 0.6) is 0 Å². The van der Waals surface area contributed by atoms with Gasteiger partial charge in [0.25, 0.3) is 5.91 Å². The molecule has 7 heteroatoms. The molecule has 1 aliphatic rings. The van der Waals surface area contributed by atoms with Crippen molar-refractivity contribution in [2.75, 3.05) is 4.90 Å². The van der Waals surface area contributed by atoms with Gasteiger partial charge in [-0.25, -0.2) is 4.90 Å². The van der Waals surface area contributed by atoms with Crippen LogP contribution >= 0.6 is 23.2 Å². The molecule has 1 atom stereocenters. The van der Waals surface area contributed by atoms with Crippen LogP contribution in [0.25, 0.3) is 0 Å². The first-order valence-corrected chi connectivity index (χ1v) is 7.91. The van der Waals surface area contributed by atoms with Crippen LogP contribution in [-0.2, 0) is 9.59 Å². The number of anilines is 1. The van der Waals surface area contributed by atoms with Crippen molar-refractivity contribution in [1.29, 1.82) is 0 Å². The second kappa shape index (κ2) is 5.65. The average molecular weight is 352 g/mol. The monoisotopic (exact) mass is 351 g/mol. The van der Waals surface area contributed by atoms with Gasteiger partial charge in [0, 0.05) is 5.69 Å². The molecule has 0 aliphatic carbocycles. The molecule has 1 saturated heterocycles. The fourth-order valence-electron chi connectivity index (χ4n) is 2.75. The van der Waals surface area contributed by atoms with Crippen molar-refractivity contribution in [2.45, 2.75) is 33.2 Å². The van der Waals surface area contributed by atoms with E-state index < -0.39 is 6.04 Å². The summed E-state index contributed by atoms with van der Waals surface area (Å²) in [5.41, 5.74) is 3.20. The van der Waals surface area contributed by atoms with Gasteiger partial charge < -0.3 is 0 Å². The van der Waals surface area contributed by atoms with E-state index in [4.69, 9.17) is 23.2 Å². The fraction of sp³-hybridized carbons (Fsp3) is 0.312. The molecule has 2 amide bonds. The van der Waals surface area contributed by atoms with Gasteiger partial charge in [-0.2, -0.15) is 5.10 Å². The minimum atomic E-state index is -0.621. The summed E-state index contributed by atoms with van der Waals surface area (Å²) < 4.78 is 1.64. The first kappa shape index (κ1) is 16.0. The summed E-state index contributed by atoms with van der Waals surface area (Å²) in [5, 5.41) is 5.08. The van der Waals surface area contributed by atoms with E-state index in [-0.39, 0.29) is 18.2 Å². The van der Waals surface area contributed by atoms with Gasteiger partial charge in [-0.05, 0) is 44.5 Å². The molecular formula is C16H15Cl2N3O2. The van der Waals surface area contributed by atoms with E-state index in [0.29, 0.717) is 15.7 Å². The summed E-state index contributed by atoms with van der Waals surface area (Å²) in [6, 6.07) is 4.08. The molecule has 0 bridgehead atoms. The lowest BCUT2D eigenvalue weighted by molar-refractivity contribution is -0.122. The SMILES string of the molecule is Cc1nn([C@@H]2CC(=O)N(c3ccc(Cl)c(Cl)c3)C2=O)c(C)c1C. The number of halogens is 2. The van der Waals surface area contributed by atoms with Gasteiger partial charge in [0.05, 0.1) is 27.8 Å². The lowest BCUT2D eigenvalue weighted by Gasteiger charge is -2.16. The van der Waals surface area contributed by atoms with Crippen LogP contribution in [0.4, 0.5) is 5.69 Å². The van der Waals surface area contributed by atoms with Gasteiger partial charge in [0.2, 0.25) is 5.91 Å². The zero-order valence-corrected chi connectivity index (χ0v) is 14.4. The number of rotatable bonds is 2. The number of nitrogens with zero attached hydrogens (tertiary/aromatic N) is 3. The summed E-state index contributed by atoms with van der Waals surface area (Å²) in [5.74, 6) is -0.581. The number of imide groups is 1. The Hall–Kier alpha value is -1.85. The Kier molecular flexibility index (Phi) is 3.94. The molecule has 0 N–H and O–H groups in total. The summed E-state index contributed by atoms with van der Waals surface area (Å²) in [6.07, 6.45) is 0.0838. The molecule has 0 spiro atoms. The lowest BCUT2D eigenvalue weighted by Crippen LogP contribution is -2.31. The molecule has 1 aliphatic heterocycles. The van der Waals surface area contributed by atoms with Crippen molar-refractivity contribution in [3.8, 4) is 0 Å². The van der Waals surface area contributed by atoms with E-state index in [0.717, 1.165) is 21.9 Å². The van der Waals surface area contributed by atoms with Gasteiger partial charge in [-0.15, -0.1) is 0 Å². The van der Waals surface area contributed by atoms with E-state index in [9.17, 15) is 9.59 Å². The predicted octanol–water partition coefficient (Wildman–Crippen LogP) is 3.62. The maximum atomic E-state index is 12.8. The third-order valence-electron chi connectivity index (χ3n) is 4.27. The van der Waals surface area contributed by atoms with Crippen molar-refractivity contribution in [1.82, 2.24) is 9.78 Å². The molecule has 5 nitrogen and oxygen atoms in total. The molecule has 0 saturated carbocycles. The molecule has 1 aromatic heterocycles. The standard InChI is InChI=1S/C16H15Cl2N3O2/c1-8-9(2)19-21(10(8)3)14-7-15(22)20(16(14)23)11-4-5-12(17)13(18)6-11/h4-6,14H,7H2,1-3H3/t14-/m1/s1. The van der Waals surface area contributed by atoms with Crippen molar-refractivity contribution in [3.63, 3.8) is 0 Å². The van der Waals surface area contributed by atoms with E-state index >= 15 is 0 Å². The molecular weight excluding hydrogens is 337 g/mol. The lowest BCUT2D eigenvalue weighted by atomic mass is 10.2. The van der Waals surface area contributed by atoms with E-state index in [1.165, 1.54) is 6.07 Å². The largest absolute Gasteiger partial charge is 0.274 e. The Morgan fingerprint density at radius 2 is 1.83 bits per heavy atom. The summed E-state index contributed by atoms with van der Waals surface area (Å²) >= 11 is 11.9. The van der Waals surface area contributed by atoms with Gasteiger partial charge in [-0.3, -0.25) is 14.3 Å². The fourth-order valence-corrected chi connectivity index (χ4v) is 3.04. The molecule has 0 radical (unpaired) electrons. The Labute approximate surface area is 143 Å². The van der Waals surface area contributed by atoms with Crippen LogP contribution < -0.4 is 4.90 Å². The van der Waals surface area contributed by atoms with E-state index in [2.05, 4.69) is 5.10 Å². The second-order valence-electron chi connectivity index (χ2n) is 5.63. The van der Waals surface area contributed by atoms with E-state index in [1.54, 1.807) is 16.8 Å². The highest BCUT2D eigenvalue weighted by Gasteiger charge is 2.42. The highest BCUT2D eigenvalue weighted by molar-refractivity contribution is 6.42. The summed E-state index contributed by atoms with van der Waals surface area (Å²) in [4.78, 5) is 26.3. The Balaban J connectivity index is 1.99. The number of amides is 2. The van der Waals surface area contributed by atoms with Gasteiger partial charge in [0.15, 0.2) is 0 Å². The second-order valence-corrected chi connectivity index (χ2v) is 6.44. The van der Waals surface area contributed by atoms with Crippen molar-refractivity contribution < 1.29 is 9.59 Å². The van der Waals surface area contributed by atoms with Crippen LogP contribution in [0.2, 0.25) is 10.0 Å². The number of carbonyl (C=O) groups excluding carboxylic acids is 2. The van der Waals surface area contributed by atoms with Gasteiger partial charge >= 0.3 is 0 Å². The van der Waals surface area contributed by atoms with Crippen molar-refractivity contribution in [2.24, 2.45) is 0 Å². The summed E-state index contributed by atoms with van der Waals surface area (Å²) in [6.45, 7) is 5.73. The minimum absolute atomic E-state index is 0.0838. The van der Waals surface area contributed by atoms with Crippen molar-refractivity contribution in [3.05, 3.63) is 45.2 Å². The first-order valence-electron chi connectivity index (χ1n) is 7.15. The predicted molar refractivity (Wildman–Crippen MR) is 89.0 cm³/mol. The number of aromatic nitrogens is 2. The highest BCUT2D eigenvalue weighted by Crippen LogP contribution is 2.34. The number of benzene rings is 1. The molecule has 0 unspecified atom stereocenters. The third-order valence-corrected chi connectivity index (χ3v) is 5.01. The topological polar surface area (TPSA) is 55.2 Å². The van der Waals surface area contributed by atoms with Crippen LogP contribution in [0.1, 0.15) is 29.4 Å². The number of hydrogen-bond donors (Lipinski definition) is 0. The normalized spacial score (nSPS) is 18.1. The Morgan fingerprint density at radius 3 is 2.39 bits per heavy atom. The maximum absolute atomic E-state index is 12.8. The number of hydrogen-bond acceptors (Lipinski definition) is 3. The highest BCUT2D eigenvalue weighted by atomic mass is 35.5. The first-order chi connectivity index (χ1) is 10.8. The van der Waals surface area contributed by atoms with Crippen LogP contribution in [-0.4, -0.2) is 21.6 Å². The molecule has 2 heterocycles.